The molecule has 1 spiro atoms. The predicted molar refractivity (Wildman–Crippen MR) is 65.6 cm³/mol. The maximum atomic E-state index is 6.31. The summed E-state index contributed by atoms with van der Waals surface area (Å²) < 4.78 is 6.31. The van der Waals surface area contributed by atoms with E-state index in [9.17, 15) is 0 Å². The molecule has 1 heterocycles. The normalized spacial score (nSPS) is 35.4. The second-order valence-electron chi connectivity index (χ2n) is 6.46. The van der Waals surface area contributed by atoms with Crippen molar-refractivity contribution < 1.29 is 4.74 Å². The maximum Gasteiger partial charge on any atom is 0.0708 e. The summed E-state index contributed by atoms with van der Waals surface area (Å²) in [4.78, 5) is 0. The largest absolute Gasteiger partial charge is 0.370 e. The molecule has 3 rings (SSSR count). The highest BCUT2D eigenvalue weighted by atomic mass is 16.5. The topological polar surface area (TPSA) is 21.3 Å². The van der Waals surface area contributed by atoms with Crippen LogP contribution < -0.4 is 5.32 Å². The summed E-state index contributed by atoms with van der Waals surface area (Å²) in [5, 5.41) is 3.72. The number of rotatable bonds is 3. The number of hydrogen-bond acceptors (Lipinski definition) is 2. The van der Waals surface area contributed by atoms with Crippen molar-refractivity contribution in [2.75, 3.05) is 6.54 Å². The van der Waals surface area contributed by atoms with Crippen molar-refractivity contribution in [3.05, 3.63) is 0 Å². The van der Waals surface area contributed by atoms with Crippen molar-refractivity contribution in [2.24, 2.45) is 0 Å². The third-order valence-corrected chi connectivity index (χ3v) is 5.07. The first-order valence-electron chi connectivity index (χ1n) is 7.13. The summed E-state index contributed by atoms with van der Waals surface area (Å²) >= 11 is 0. The van der Waals surface area contributed by atoms with Crippen LogP contribution in [0.4, 0.5) is 0 Å². The molecule has 1 unspecified atom stereocenters. The van der Waals surface area contributed by atoms with Crippen LogP contribution in [0.1, 0.15) is 64.7 Å². The molecule has 0 bridgehead atoms. The molecule has 0 aromatic carbocycles. The molecule has 0 radical (unpaired) electrons. The summed E-state index contributed by atoms with van der Waals surface area (Å²) in [6.45, 7) is 3.44. The van der Waals surface area contributed by atoms with Crippen LogP contribution in [0.3, 0.4) is 0 Å². The fourth-order valence-corrected chi connectivity index (χ4v) is 3.67. The molecule has 0 amide bonds. The van der Waals surface area contributed by atoms with Gasteiger partial charge in [-0.05, 0) is 51.9 Å². The minimum atomic E-state index is 0.312. The van der Waals surface area contributed by atoms with Crippen LogP contribution in [-0.4, -0.2) is 23.8 Å². The van der Waals surface area contributed by atoms with E-state index in [2.05, 4.69) is 12.2 Å². The number of ether oxygens (including phenoxy) is 1. The summed E-state index contributed by atoms with van der Waals surface area (Å²) in [6.07, 6.45) is 12.6. The van der Waals surface area contributed by atoms with E-state index in [0.717, 1.165) is 6.54 Å². The number of nitrogens with one attached hydrogen (secondary N) is 1. The van der Waals surface area contributed by atoms with E-state index in [4.69, 9.17) is 4.74 Å². The van der Waals surface area contributed by atoms with E-state index in [1.807, 2.05) is 0 Å². The Balaban J connectivity index is 1.47. The minimum absolute atomic E-state index is 0.312. The molecule has 0 aromatic heterocycles. The zero-order valence-electron chi connectivity index (χ0n) is 10.6. The van der Waals surface area contributed by atoms with Crippen molar-refractivity contribution in [1.82, 2.24) is 5.32 Å². The van der Waals surface area contributed by atoms with Gasteiger partial charge in [-0.25, -0.2) is 0 Å². The molecule has 3 aliphatic rings. The van der Waals surface area contributed by atoms with Crippen LogP contribution in [0.25, 0.3) is 0 Å². The van der Waals surface area contributed by atoms with Crippen molar-refractivity contribution in [1.29, 1.82) is 0 Å². The van der Waals surface area contributed by atoms with Crippen LogP contribution in [0.5, 0.6) is 0 Å². The highest BCUT2D eigenvalue weighted by Crippen LogP contribution is 2.43. The van der Waals surface area contributed by atoms with Gasteiger partial charge in [0.15, 0.2) is 0 Å². The first kappa shape index (κ1) is 11.0. The Morgan fingerprint density at radius 1 is 1.06 bits per heavy atom. The Morgan fingerprint density at radius 2 is 1.81 bits per heavy atom. The Morgan fingerprint density at radius 3 is 2.44 bits per heavy atom. The van der Waals surface area contributed by atoms with Crippen LogP contribution in [0, 0.1) is 0 Å². The first-order chi connectivity index (χ1) is 7.70. The molecular weight excluding hydrogens is 198 g/mol. The first-order valence-corrected chi connectivity index (χ1v) is 7.13. The second-order valence-corrected chi connectivity index (χ2v) is 6.46. The molecule has 2 aliphatic carbocycles. The second kappa shape index (κ2) is 3.99. The van der Waals surface area contributed by atoms with Gasteiger partial charge < -0.3 is 10.1 Å². The van der Waals surface area contributed by atoms with Crippen LogP contribution >= 0.6 is 0 Å². The average Bonchev–Trinajstić information content (AvgIpc) is 2.84. The quantitative estimate of drug-likeness (QED) is 0.794. The SMILES string of the molecule is CC1(NCC2CCC3(CCCC3)O2)CCC1. The van der Waals surface area contributed by atoms with Crippen molar-refractivity contribution in [2.45, 2.75) is 82.0 Å². The van der Waals surface area contributed by atoms with Gasteiger partial charge in [0.1, 0.15) is 0 Å². The highest BCUT2D eigenvalue weighted by molar-refractivity contribution is 4.96. The molecule has 1 atom stereocenters. The summed E-state index contributed by atoms with van der Waals surface area (Å²) in [7, 11) is 0. The average molecular weight is 223 g/mol. The van der Waals surface area contributed by atoms with E-state index in [0.29, 0.717) is 17.2 Å². The van der Waals surface area contributed by atoms with Gasteiger partial charge in [0.2, 0.25) is 0 Å². The molecule has 1 N–H and O–H groups in total. The Hall–Kier alpha value is -0.0800. The zero-order chi connectivity index (χ0) is 11.1. The Bertz CT molecular complexity index is 253. The Kier molecular flexibility index (Phi) is 2.75. The summed E-state index contributed by atoms with van der Waals surface area (Å²) in [6, 6.07) is 0. The van der Waals surface area contributed by atoms with E-state index in [1.165, 1.54) is 57.8 Å². The van der Waals surface area contributed by atoms with E-state index >= 15 is 0 Å². The van der Waals surface area contributed by atoms with Gasteiger partial charge in [0, 0.05) is 12.1 Å². The fraction of sp³-hybridized carbons (Fsp3) is 1.00. The van der Waals surface area contributed by atoms with Gasteiger partial charge in [-0.2, -0.15) is 0 Å². The lowest BCUT2D eigenvalue weighted by Crippen LogP contribution is -2.50. The smallest absolute Gasteiger partial charge is 0.0708 e. The highest BCUT2D eigenvalue weighted by Gasteiger charge is 2.42. The molecule has 2 nitrogen and oxygen atoms in total. The van der Waals surface area contributed by atoms with Crippen LogP contribution in [-0.2, 0) is 4.74 Å². The van der Waals surface area contributed by atoms with E-state index in [1.54, 1.807) is 0 Å². The molecule has 92 valence electrons. The lowest BCUT2D eigenvalue weighted by molar-refractivity contribution is -0.0388. The summed E-state index contributed by atoms with van der Waals surface area (Å²) in [5.41, 5.74) is 0.752. The van der Waals surface area contributed by atoms with E-state index < -0.39 is 0 Å². The van der Waals surface area contributed by atoms with Gasteiger partial charge in [-0.1, -0.05) is 12.8 Å². The van der Waals surface area contributed by atoms with Gasteiger partial charge in [-0.15, -0.1) is 0 Å². The van der Waals surface area contributed by atoms with E-state index in [-0.39, 0.29) is 0 Å². The monoisotopic (exact) mass is 223 g/mol. The lowest BCUT2D eigenvalue weighted by Gasteiger charge is -2.40. The van der Waals surface area contributed by atoms with Gasteiger partial charge in [0.25, 0.3) is 0 Å². The van der Waals surface area contributed by atoms with Crippen LogP contribution in [0.15, 0.2) is 0 Å². The molecule has 1 saturated heterocycles. The predicted octanol–water partition coefficient (Wildman–Crippen LogP) is 3.01. The third-order valence-electron chi connectivity index (χ3n) is 5.07. The van der Waals surface area contributed by atoms with Crippen molar-refractivity contribution >= 4 is 0 Å². The molecule has 3 fully saturated rings. The fourth-order valence-electron chi connectivity index (χ4n) is 3.67. The van der Waals surface area contributed by atoms with Gasteiger partial charge in [0.05, 0.1) is 11.7 Å². The van der Waals surface area contributed by atoms with Gasteiger partial charge >= 0.3 is 0 Å². The molecule has 2 saturated carbocycles. The molecule has 0 aromatic rings. The van der Waals surface area contributed by atoms with Crippen LogP contribution in [0.2, 0.25) is 0 Å². The molecule has 1 aliphatic heterocycles. The minimum Gasteiger partial charge on any atom is -0.370 e. The van der Waals surface area contributed by atoms with Crippen molar-refractivity contribution in [3.63, 3.8) is 0 Å². The molecule has 16 heavy (non-hydrogen) atoms. The molecular formula is C14H25NO. The Labute approximate surface area is 99.1 Å². The lowest BCUT2D eigenvalue weighted by atomic mass is 9.78. The van der Waals surface area contributed by atoms with Crippen molar-refractivity contribution in [3.8, 4) is 0 Å². The number of hydrogen-bond donors (Lipinski definition) is 1. The zero-order valence-corrected chi connectivity index (χ0v) is 10.6. The standard InChI is InChI=1S/C14H25NO/c1-13(6-4-7-13)15-11-12-5-10-14(16-12)8-2-3-9-14/h12,15H,2-11H2,1H3. The van der Waals surface area contributed by atoms with Gasteiger partial charge in [-0.3, -0.25) is 0 Å². The summed E-state index contributed by atoms with van der Waals surface area (Å²) in [5.74, 6) is 0. The molecule has 2 heteroatoms. The maximum absolute atomic E-state index is 6.31. The third kappa shape index (κ3) is 2.02.